The van der Waals surface area contributed by atoms with Gasteiger partial charge >= 0.3 is 0 Å². The number of hydrogen-bond donors (Lipinski definition) is 1. The van der Waals surface area contributed by atoms with E-state index in [4.69, 9.17) is 9.47 Å². The molecule has 7 nitrogen and oxygen atoms in total. The standard InChI is InChI=1S/C17H24N2O5S/c1-18-12-13-3-2-7-19(13)17(20)6-10-25(21,22)14-4-5-15-16(11-14)24-9-8-23-15/h4-5,11,13,18H,2-3,6-10,12H2,1H3. The minimum absolute atomic E-state index is 0.00299. The van der Waals surface area contributed by atoms with Gasteiger partial charge in [-0.3, -0.25) is 4.79 Å². The van der Waals surface area contributed by atoms with E-state index in [0.717, 1.165) is 19.4 Å². The van der Waals surface area contributed by atoms with Gasteiger partial charge in [0, 0.05) is 31.6 Å². The Morgan fingerprint density at radius 2 is 2.04 bits per heavy atom. The van der Waals surface area contributed by atoms with Crippen molar-refractivity contribution in [3.63, 3.8) is 0 Å². The number of carbonyl (C=O) groups excluding carboxylic acids is 1. The predicted molar refractivity (Wildman–Crippen MR) is 92.8 cm³/mol. The molecule has 138 valence electrons. The second-order valence-electron chi connectivity index (χ2n) is 6.32. The van der Waals surface area contributed by atoms with Crippen LogP contribution < -0.4 is 14.8 Å². The Morgan fingerprint density at radius 3 is 2.80 bits per heavy atom. The summed E-state index contributed by atoms with van der Waals surface area (Å²) in [6.45, 7) is 2.30. The SMILES string of the molecule is CNCC1CCCN1C(=O)CCS(=O)(=O)c1ccc2c(c1)OCCO2. The van der Waals surface area contributed by atoms with Crippen molar-refractivity contribution < 1.29 is 22.7 Å². The number of nitrogens with zero attached hydrogens (tertiary/aromatic N) is 1. The van der Waals surface area contributed by atoms with Gasteiger partial charge in [0.15, 0.2) is 21.3 Å². The lowest BCUT2D eigenvalue weighted by atomic mass is 10.2. The van der Waals surface area contributed by atoms with Gasteiger partial charge in [-0.1, -0.05) is 0 Å². The van der Waals surface area contributed by atoms with Crippen molar-refractivity contribution in [2.24, 2.45) is 0 Å². The van der Waals surface area contributed by atoms with E-state index in [-0.39, 0.29) is 29.0 Å². The minimum Gasteiger partial charge on any atom is -0.486 e. The molecule has 0 aliphatic carbocycles. The first-order chi connectivity index (χ1) is 12.0. The maximum atomic E-state index is 12.6. The van der Waals surface area contributed by atoms with Crippen LogP contribution in [0.3, 0.4) is 0 Å². The second-order valence-corrected chi connectivity index (χ2v) is 8.42. The quantitative estimate of drug-likeness (QED) is 0.801. The van der Waals surface area contributed by atoms with Gasteiger partial charge in [0.2, 0.25) is 5.91 Å². The van der Waals surface area contributed by atoms with Crippen LogP contribution >= 0.6 is 0 Å². The van der Waals surface area contributed by atoms with Crippen LogP contribution in [0.5, 0.6) is 11.5 Å². The summed E-state index contributed by atoms with van der Waals surface area (Å²) >= 11 is 0. The van der Waals surface area contributed by atoms with Gasteiger partial charge in [0.25, 0.3) is 0 Å². The van der Waals surface area contributed by atoms with Gasteiger partial charge in [-0.2, -0.15) is 0 Å². The highest BCUT2D eigenvalue weighted by Crippen LogP contribution is 2.32. The summed E-state index contributed by atoms with van der Waals surface area (Å²) < 4.78 is 36.0. The minimum atomic E-state index is -3.55. The van der Waals surface area contributed by atoms with Gasteiger partial charge in [-0.05, 0) is 32.0 Å². The molecule has 1 fully saturated rings. The number of hydrogen-bond acceptors (Lipinski definition) is 6. The molecule has 0 aromatic heterocycles. The Labute approximate surface area is 148 Å². The van der Waals surface area contributed by atoms with Gasteiger partial charge in [-0.25, -0.2) is 8.42 Å². The number of nitrogens with one attached hydrogen (secondary N) is 1. The molecule has 25 heavy (non-hydrogen) atoms. The molecule has 1 amide bonds. The van der Waals surface area contributed by atoms with Crippen molar-refractivity contribution in [2.45, 2.75) is 30.2 Å². The monoisotopic (exact) mass is 368 g/mol. The van der Waals surface area contributed by atoms with E-state index >= 15 is 0 Å². The lowest BCUT2D eigenvalue weighted by molar-refractivity contribution is -0.131. The molecule has 1 atom stereocenters. The van der Waals surface area contributed by atoms with E-state index in [0.29, 0.717) is 31.3 Å². The summed E-state index contributed by atoms with van der Waals surface area (Å²) in [5, 5.41) is 3.08. The van der Waals surface area contributed by atoms with Gasteiger partial charge in [0.05, 0.1) is 10.6 Å². The Hall–Kier alpha value is -1.80. The van der Waals surface area contributed by atoms with E-state index in [2.05, 4.69) is 5.32 Å². The van der Waals surface area contributed by atoms with Crippen molar-refractivity contribution >= 4 is 15.7 Å². The highest BCUT2D eigenvalue weighted by atomic mass is 32.2. The number of likely N-dealkylation sites (tertiary alicyclic amines) is 1. The Kier molecular flexibility index (Phi) is 5.48. The Morgan fingerprint density at radius 1 is 1.28 bits per heavy atom. The highest BCUT2D eigenvalue weighted by molar-refractivity contribution is 7.91. The van der Waals surface area contributed by atoms with Crippen molar-refractivity contribution in [1.29, 1.82) is 0 Å². The summed E-state index contributed by atoms with van der Waals surface area (Å²) in [5.41, 5.74) is 0. The lowest BCUT2D eigenvalue weighted by Crippen LogP contribution is -2.41. The molecular weight excluding hydrogens is 344 g/mol. The van der Waals surface area contributed by atoms with Crippen LogP contribution in [0, 0.1) is 0 Å². The zero-order valence-corrected chi connectivity index (χ0v) is 15.2. The highest BCUT2D eigenvalue weighted by Gasteiger charge is 2.29. The average molecular weight is 368 g/mol. The first kappa shape index (κ1) is 18.0. The fourth-order valence-electron chi connectivity index (χ4n) is 3.31. The summed E-state index contributed by atoms with van der Waals surface area (Å²) in [6.07, 6.45) is 1.92. The number of likely N-dealkylation sites (N-methyl/N-ethyl adjacent to an activating group) is 1. The van der Waals surface area contributed by atoms with Crippen molar-refractivity contribution in [2.75, 3.05) is 39.1 Å². The van der Waals surface area contributed by atoms with Crippen LogP contribution in [0.1, 0.15) is 19.3 Å². The summed E-state index contributed by atoms with van der Waals surface area (Å²) in [5.74, 6) is 0.688. The fourth-order valence-corrected chi connectivity index (χ4v) is 4.55. The number of benzene rings is 1. The number of sulfone groups is 1. The molecule has 0 saturated carbocycles. The van der Waals surface area contributed by atoms with Crippen LogP contribution in [-0.2, 0) is 14.6 Å². The molecule has 0 spiro atoms. The maximum absolute atomic E-state index is 12.6. The second kappa shape index (κ2) is 7.61. The molecule has 2 heterocycles. The molecule has 2 aliphatic heterocycles. The predicted octanol–water partition coefficient (Wildman–Crippen LogP) is 0.832. The van der Waals surface area contributed by atoms with Crippen LogP contribution in [0.4, 0.5) is 0 Å². The lowest BCUT2D eigenvalue weighted by Gasteiger charge is -2.24. The van der Waals surface area contributed by atoms with Crippen LogP contribution in [-0.4, -0.2) is 64.4 Å². The van der Waals surface area contributed by atoms with E-state index < -0.39 is 9.84 Å². The molecular formula is C17H24N2O5S. The zero-order valence-electron chi connectivity index (χ0n) is 14.4. The molecule has 1 aromatic rings. The molecule has 1 saturated heterocycles. The zero-order chi connectivity index (χ0) is 17.9. The third-order valence-corrected chi connectivity index (χ3v) is 6.31. The Bertz CT molecular complexity index is 735. The molecule has 0 radical (unpaired) electrons. The number of rotatable bonds is 6. The van der Waals surface area contributed by atoms with E-state index in [9.17, 15) is 13.2 Å². The molecule has 2 aliphatic rings. The number of fused-ring (bicyclic) bond motifs is 1. The molecule has 8 heteroatoms. The van der Waals surface area contributed by atoms with E-state index in [1.807, 2.05) is 7.05 Å². The number of carbonyl (C=O) groups is 1. The first-order valence-electron chi connectivity index (χ1n) is 8.58. The largest absolute Gasteiger partial charge is 0.486 e. The Balaban J connectivity index is 1.64. The smallest absolute Gasteiger partial charge is 0.223 e. The van der Waals surface area contributed by atoms with Crippen LogP contribution in [0.2, 0.25) is 0 Å². The third kappa shape index (κ3) is 4.07. The van der Waals surface area contributed by atoms with Gasteiger partial charge < -0.3 is 19.7 Å². The summed E-state index contributed by atoms with van der Waals surface area (Å²) in [6, 6.07) is 4.75. The topological polar surface area (TPSA) is 84.9 Å². The molecule has 3 rings (SSSR count). The molecule has 1 N–H and O–H groups in total. The maximum Gasteiger partial charge on any atom is 0.223 e. The molecule has 0 bridgehead atoms. The van der Waals surface area contributed by atoms with Gasteiger partial charge in [0.1, 0.15) is 13.2 Å². The number of amides is 1. The fraction of sp³-hybridized carbons (Fsp3) is 0.588. The number of ether oxygens (including phenoxy) is 2. The van der Waals surface area contributed by atoms with Crippen LogP contribution in [0.15, 0.2) is 23.1 Å². The van der Waals surface area contributed by atoms with E-state index in [1.165, 1.54) is 12.1 Å². The third-order valence-electron chi connectivity index (χ3n) is 4.59. The van der Waals surface area contributed by atoms with E-state index in [1.54, 1.807) is 11.0 Å². The normalized spacial score (nSPS) is 19.9. The van der Waals surface area contributed by atoms with Gasteiger partial charge in [-0.15, -0.1) is 0 Å². The molecule has 1 aromatic carbocycles. The van der Waals surface area contributed by atoms with Crippen molar-refractivity contribution in [3.8, 4) is 11.5 Å². The summed E-state index contributed by atoms with van der Waals surface area (Å²) in [4.78, 5) is 14.4. The first-order valence-corrected chi connectivity index (χ1v) is 10.2. The van der Waals surface area contributed by atoms with Crippen LogP contribution in [0.25, 0.3) is 0 Å². The summed E-state index contributed by atoms with van der Waals surface area (Å²) in [7, 11) is -1.69. The average Bonchev–Trinajstić information content (AvgIpc) is 3.08. The van der Waals surface area contributed by atoms with Crippen molar-refractivity contribution in [1.82, 2.24) is 10.2 Å². The molecule has 1 unspecified atom stereocenters. The van der Waals surface area contributed by atoms with Crippen molar-refractivity contribution in [3.05, 3.63) is 18.2 Å².